The first-order chi connectivity index (χ1) is 22.2. The van der Waals surface area contributed by atoms with Crippen molar-refractivity contribution in [1.29, 1.82) is 0 Å². The van der Waals surface area contributed by atoms with Crippen molar-refractivity contribution in [2.24, 2.45) is 11.7 Å². The zero-order valence-electron chi connectivity index (χ0n) is 26.0. The number of ether oxygens (including phenoxy) is 3. The van der Waals surface area contributed by atoms with E-state index in [1.165, 1.54) is 23.8 Å². The van der Waals surface area contributed by atoms with E-state index in [0.717, 1.165) is 18.5 Å². The molecule has 0 radical (unpaired) electrons. The Morgan fingerprint density at radius 2 is 1.91 bits per heavy atom. The quantitative estimate of drug-likeness (QED) is 0.288. The number of benzene rings is 1. The first kappa shape index (κ1) is 31.6. The number of carbonyl (C=O) groups is 1. The van der Waals surface area contributed by atoms with Crippen LogP contribution in [0.4, 0.5) is 30.9 Å². The van der Waals surface area contributed by atoms with Gasteiger partial charge in [-0.25, -0.2) is 18.6 Å². The molecule has 3 N–H and O–H groups in total. The normalized spacial score (nSPS) is 20.6. The van der Waals surface area contributed by atoms with Crippen molar-refractivity contribution in [2.75, 3.05) is 50.7 Å². The molecule has 0 aliphatic carbocycles. The van der Waals surface area contributed by atoms with Crippen LogP contribution in [-0.2, 0) is 20.8 Å². The van der Waals surface area contributed by atoms with Crippen LogP contribution in [0.5, 0.6) is 0 Å². The molecular formula is C32H38F2N8O4. The molecule has 2 aliphatic rings. The van der Waals surface area contributed by atoms with Crippen LogP contribution < -0.4 is 16.0 Å². The van der Waals surface area contributed by atoms with Gasteiger partial charge in [0.2, 0.25) is 5.95 Å². The van der Waals surface area contributed by atoms with Crippen molar-refractivity contribution in [1.82, 2.24) is 24.5 Å². The van der Waals surface area contributed by atoms with E-state index in [4.69, 9.17) is 19.9 Å². The molecule has 1 amide bonds. The van der Waals surface area contributed by atoms with Crippen LogP contribution >= 0.6 is 0 Å². The second-order valence-electron chi connectivity index (χ2n) is 11.8. The summed E-state index contributed by atoms with van der Waals surface area (Å²) in [4.78, 5) is 24.7. The molecule has 46 heavy (non-hydrogen) atoms. The standard InChI is InChI=1S/C32H38F2N8O4/c1-19-16-41(17-25(35)30(19)40(2)32(43)44-3)28-6-9-36-15-27(28)38-31-37-14-21-4-5-26(39-42(21)31)29-23(33)12-20(13-24(29)34)18-46-22-7-10-45-11-8-22/h4-6,9,12-15,19,22,25,30H,7-8,10-11,16-18,35H2,1-3H3,(H,37,38)/t19-,25+,30-/m0/s1. The van der Waals surface area contributed by atoms with Gasteiger partial charge < -0.3 is 35.1 Å². The Bertz CT molecular complexity index is 1660. The number of methoxy groups -OCH3 is 1. The SMILES string of the molecule is COC(=O)N(C)[C@@H]1[C@H](N)CN(c2ccncc2Nc2ncc3ccc(-c4c(F)cc(COC5CCOCC5)cc4F)nn23)C[C@@H]1C. The summed E-state index contributed by atoms with van der Waals surface area (Å²) in [5.74, 6) is -1.08. The summed E-state index contributed by atoms with van der Waals surface area (Å²) in [6.07, 6.45) is 6.07. The number of piperidine rings is 1. The molecule has 5 heterocycles. The number of nitrogens with one attached hydrogen (secondary N) is 1. The summed E-state index contributed by atoms with van der Waals surface area (Å²) in [7, 11) is 3.05. The maximum atomic E-state index is 15.4. The lowest BCUT2D eigenvalue weighted by Gasteiger charge is -2.45. The second-order valence-corrected chi connectivity index (χ2v) is 11.8. The number of pyridine rings is 1. The van der Waals surface area contributed by atoms with Crippen LogP contribution in [0.2, 0.25) is 0 Å². The Balaban J connectivity index is 1.22. The minimum atomic E-state index is -0.728. The number of amides is 1. The number of carbonyl (C=O) groups excluding carboxylic acids is 1. The highest BCUT2D eigenvalue weighted by Crippen LogP contribution is 2.33. The van der Waals surface area contributed by atoms with Gasteiger partial charge in [-0.05, 0) is 54.7 Å². The van der Waals surface area contributed by atoms with Gasteiger partial charge in [-0.1, -0.05) is 6.92 Å². The van der Waals surface area contributed by atoms with E-state index in [9.17, 15) is 4.79 Å². The number of imidazole rings is 1. The molecule has 2 fully saturated rings. The first-order valence-corrected chi connectivity index (χ1v) is 15.3. The van der Waals surface area contributed by atoms with Gasteiger partial charge in [0, 0.05) is 45.6 Å². The lowest BCUT2D eigenvalue weighted by atomic mass is 9.89. The number of rotatable bonds is 8. The number of nitrogens with two attached hydrogens (primary N) is 1. The summed E-state index contributed by atoms with van der Waals surface area (Å²) in [5.41, 5.74) is 8.98. The molecular weight excluding hydrogens is 598 g/mol. The number of halogens is 2. The molecule has 244 valence electrons. The summed E-state index contributed by atoms with van der Waals surface area (Å²) >= 11 is 0. The minimum Gasteiger partial charge on any atom is -0.453 e. The van der Waals surface area contributed by atoms with Gasteiger partial charge in [0.05, 0.1) is 66.4 Å². The third-order valence-corrected chi connectivity index (χ3v) is 8.65. The van der Waals surface area contributed by atoms with Crippen LogP contribution in [-0.4, -0.2) is 89.2 Å². The molecule has 1 aromatic carbocycles. The highest BCUT2D eigenvalue weighted by Gasteiger charge is 2.38. The Kier molecular flexibility index (Phi) is 9.29. The number of anilines is 3. The Hall–Kier alpha value is -4.40. The molecule has 2 aliphatic heterocycles. The van der Waals surface area contributed by atoms with E-state index >= 15 is 8.78 Å². The lowest BCUT2D eigenvalue weighted by Crippen LogP contribution is -2.62. The Morgan fingerprint density at radius 3 is 2.63 bits per heavy atom. The zero-order chi connectivity index (χ0) is 32.4. The van der Waals surface area contributed by atoms with Crippen molar-refractivity contribution < 1.29 is 27.8 Å². The third kappa shape index (κ3) is 6.46. The number of hydrogen-bond acceptors (Lipinski definition) is 10. The van der Waals surface area contributed by atoms with Gasteiger partial charge in [0.25, 0.3) is 0 Å². The van der Waals surface area contributed by atoms with E-state index in [-0.39, 0.29) is 42.0 Å². The number of likely N-dealkylation sites (N-methyl/N-ethyl adjacent to an activating group) is 1. The number of fused-ring (bicyclic) bond motifs is 1. The third-order valence-electron chi connectivity index (χ3n) is 8.65. The van der Waals surface area contributed by atoms with Crippen LogP contribution in [0.25, 0.3) is 16.8 Å². The van der Waals surface area contributed by atoms with Crippen LogP contribution in [0.3, 0.4) is 0 Å². The van der Waals surface area contributed by atoms with Gasteiger partial charge in [-0.2, -0.15) is 9.61 Å². The topological polar surface area (TPSA) is 132 Å². The molecule has 14 heteroatoms. The zero-order valence-corrected chi connectivity index (χ0v) is 26.0. The molecule has 4 aromatic rings. The van der Waals surface area contributed by atoms with Crippen molar-refractivity contribution in [3.05, 3.63) is 66.1 Å². The van der Waals surface area contributed by atoms with Gasteiger partial charge in [-0.3, -0.25) is 4.98 Å². The van der Waals surface area contributed by atoms with E-state index in [1.54, 1.807) is 42.7 Å². The Morgan fingerprint density at radius 1 is 1.15 bits per heavy atom. The fourth-order valence-electron chi connectivity index (χ4n) is 6.44. The Labute approximate surface area is 265 Å². The maximum Gasteiger partial charge on any atom is 0.409 e. The molecule has 6 rings (SSSR count). The summed E-state index contributed by atoms with van der Waals surface area (Å²) < 4.78 is 48.3. The maximum absolute atomic E-state index is 15.4. The monoisotopic (exact) mass is 636 g/mol. The lowest BCUT2D eigenvalue weighted by molar-refractivity contribution is -0.0391. The first-order valence-electron chi connectivity index (χ1n) is 15.3. The fraction of sp³-hybridized carbons (Fsp3) is 0.438. The van der Waals surface area contributed by atoms with E-state index < -0.39 is 17.7 Å². The molecule has 0 spiro atoms. The van der Waals surface area contributed by atoms with Crippen molar-refractivity contribution in [3.63, 3.8) is 0 Å². The molecule has 2 saturated heterocycles. The summed E-state index contributed by atoms with van der Waals surface area (Å²) in [5, 5.41) is 7.85. The van der Waals surface area contributed by atoms with Gasteiger partial charge in [-0.15, -0.1) is 0 Å². The van der Waals surface area contributed by atoms with Crippen molar-refractivity contribution in [2.45, 2.75) is 44.6 Å². The predicted molar refractivity (Wildman–Crippen MR) is 168 cm³/mol. The average Bonchev–Trinajstić information content (AvgIpc) is 3.45. The highest BCUT2D eigenvalue weighted by molar-refractivity contribution is 5.74. The van der Waals surface area contributed by atoms with Crippen molar-refractivity contribution in [3.8, 4) is 11.3 Å². The minimum absolute atomic E-state index is 0.0105. The van der Waals surface area contributed by atoms with E-state index in [0.29, 0.717) is 49.0 Å². The largest absolute Gasteiger partial charge is 0.453 e. The molecule has 0 saturated carbocycles. The van der Waals surface area contributed by atoms with Gasteiger partial charge in [0.15, 0.2) is 0 Å². The molecule has 12 nitrogen and oxygen atoms in total. The molecule has 3 atom stereocenters. The number of hydrogen-bond donors (Lipinski definition) is 2. The fourth-order valence-corrected chi connectivity index (χ4v) is 6.44. The molecule has 0 bridgehead atoms. The van der Waals surface area contributed by atoms with Gasteiger partial charge >= 0.3 is 6.09 Å². The van der Waals surface area contributed by atoms with E-state index in [1.807, 2.05) is 13.0 Å². The highest BCUT2D eigenvalue weighted by atomic mass is 19.1. The van der Waals surface area contributed by atoms with Crippen LogP contribution in [0, 0.1) is 17.6 Å². The van der Waals surface area contributed by atoms with Crippen LogP contribution in [0.15, 0.2) is 48.9 Å². The predicted octanol–water partition coefficient (Wildman–Crippen LogP) is 4.36. The molecule has 3 aromatic heterocycles. The smallest absolute Gasteiger partial charge is 0.409 e. The number of aromatic nitrogens is 4. The second kappa shape index (κ2) is 13.5. The van der Waals surface area contributed by atoms with Gasteiger partial charge in [0.1, 0.15) is 11.6 Å². The number of nitrogens with zero attached hydrogens (tertiary/aromatic N) is 6. The van der Waals surface area contributed by atoms with Crippen molar-refractivity contribution >= 4 is 28.9 Å². The average molecular weight is 637 g/mol. The van der Waals surface area contributed by atoms with E-state index in [2.05, 4.69) is 25.3 Å². The molecule has 0 unspecified atom stereocenters. The summed E-state index contributed by atoms with van der Waals surface area (Å²) in [6.45, 7) is 4.50. The summed E-state index contributed by atoms with van der Waals surface area (Å²) in [6, 6.07) is 7.18. The van der Waals surface area contributed by atoms with Crippen LogP contribution in [0.1, 0.15) is 25.3 Å².